The Hall–Kier alpha value is -1.05. The second-order valence-corrected chi connectivity index (χ2v) is 5.94. The summed E-state index contributed by atoms with van der Waals surface area (Å²) in [4.78, 5) is 11.9. The number of rotatable bonds is 0. The van der Waals surface area contributed by atoms with Crippen molar-refractivity contribution in [3.05, 3.63) is 23.8 Å². The minimum atomic E-state index is -0.363. The molecule has 2 nitrogen and oxygen atoms in total. The zero-order valence-corrected chi connectivity index (χ0v) is 11.1. The summed E-state index contributed by atoms with van der Waals surface area (Å²) in [6.07, 6.45) is 6.27. The molecule has 0 spiro atoms. The number of allylic oxidation sites excluding steroid dienone is 2. The molecule has 94 valence electrons. The lowest BCUT2D eigenvalue weighted by molar-refractivity contribution is -0.146. The van der Waals surface area contributed by atoms with Crippen molar-refractivity contribution in [2.75, 3.05) is 0 Å². The first-order valence-corrected chi connectivity index (χ1v) is 6.47. The van der Waals surface area contributed by atoms with Crippen molar-refractivity contribution in [1.82, 2.24) is 0 Å². The van der Waals surface area contributed by atoms with E-state index in [9.17, 15) is 4.79 Å². The molecule has 2 rings (SSSR count). The van der Waals surface area contributed by atoms with Gasteiger partial charge in [-0.2, -0.15) is 0 Å². The van der Waals surface area contributed by atoms with E-state index in [0.29, 0.717) is 0 Å². The van der Waals surface area contributed by atoms with Crippen molar-refractivity contribution in [3.8, 4) is 0 Å². The molecule has 0 aromatic rings. The smallest absolute Gasteiger partial charge is 0.312 e. The average molecular weight is 234 g/mol. The number of hydrogen-bond acceptors (Lipinski definition) is 2. The van der Waals surface area contributed by atoms with Crippen LogP contribution in [0.25, 0.3) is 0 Å². The third-order valence-electron chi connectivity index (χ3n) is 4.26. The van der Waals surface area contributed by atoms with Crippen LogP contribution in [0, 0.1) is 11.3 Å². The molecule has 0 amide bonds. The molecule has 0 radical (unpaired) electrons. The molecular weight excluding hydrogens is 212 g/mol. The molecule has 2 heteroatoms. The molecule has 2 atom stereocenters. The van der Waals surface area contributed by atoms with Crippen LogP contribution in [-0.4, -0.2) is 12.1 Å². The van der Waals surface area contributed by atoms with Gasteiger partial charge in [0, 0.05) is 5.92 Å². The van der Waals surface area contributed by atoms with Gasteiger partial charge in [-0.3, -0.25) is 4.79 Å². The highest BCUT2D eigenvalue weighted by Gasteiger charge is 2.51. The number of carbonyl (C=O) groups excluding carboxylic acids is 1. The van der Waals surface area contributed by atoms with E-state index in [2.05, 4.69) is 19.6 Å². The maximum absolute atomic E-state index is 11.9. The average Bonchev–Trinajstić information content (AvgIpc) is 2.50. The second-order valence-electron chi connectivity index (χ2n) is 5.94. The fourth-order valence-corrected chi connectivity index (χ4v) is 2.89. The van der Waals surface area contributed by atoms with Gasteiger partial charge in [-0.25, -0.2) is 0 Å². The molecule has 2 aliphatic rings. The van der Waals surface area contributed by atoms with Gasteiger partial charge in [-0.05, 0) is 52.0 Å². The normalized spacial score (nSPS) is 36.1. The van der Waals surface area contributed by atoms with Crippen LogP contribution < -0.4 is 0 Å². The van der Waals surface area contributed by atoms with Gasteiger partial charge in [-0.1, -0.05) is 18.2 Å². The van der Waals surface area contributed by atoms with Crippen LogP contribution in [-0.2, 0) is 9.53 Å². The van der Waals surface area contributed by atoms with Crippen molar-refractivity contribution < 1.29 is 9.53 Å². The van der Waals surface area contributed by atoms with E-state index >= 15 is 0 Å². The van der Waals surface area contributed by atoms with E-state index < -0.39 is 0 Å². The first-order valence-electron chi connectivity index (χ1n) is 6.47. The number of esters is 1. The molecule has 1 aliphatic heterocycles. The quantitative estimate of drug-likeness (QED) is 0.472. The monoisotopic (exact) mass is 234 g/mol. The summed E-state index contributed by atoms with van der Waals surface area (Å²) in [5.41, 5.74) is 2.14. The molecular formula is C15H22O2. The van der Waals surface area contributed by atoms with Crippen molar-refractivity contribution >= 4 is 5.97 Å². The Labute approximate surface area is 104 Å². The van der Waals surface area contributed by atoms with E-state index in [1.807, 2.05) is 13.8 Å². The van der Waals surface area contributed by atoms with Gasteiger partial charge in [-0.15, -0.1) is 0 Å². The lowest BCUT2D eigenvalue weighted by Crippen LogP contribution is -2.29. The molecule has 17 heavy (non-hydrogen) atoms. The van der Waals surface area contributed by atoms with Crippen LogP contribution in [0.2, 0.25) is 0 Å². The fourth-order valence-electron chi connectivity index (χ4n) is 2.89. The van der Waals surface area contributed by atoms with Crippen LogP contribution in [0.3, 0.4) is 0 Å². The van der Waals surface area contributed by atoms with E-state index in [4.69, 9.17) is 4.74 Å². The lowest BCUT2D eigenvalue weighted by atomic mass is 9.74. The zero-order chi connectivity index (χ0) is 12.6. The van der Waals surface area contributed by atoms with Gasteiger partial charge in [0.15, 0.2) is 0 Å². The molecule has 1 fully saturated rings. The van der Waals surface area contributed by atoms with Crippen LogP contribution in [0.15, 0.2) is 23.8 Å². The summed E-state index contributed by atoms with van der Waals surface area (Å²) in [5.74, 6) is 0.222. The Bertz CT molecular complexity index is 376. The molecule has 1 heterocycles. The summed E-state index contributed by atoms with van der Waals surface area (Å²) in [7, 11) is 0. The second kappa shape index (κ2) is 4.32. The number of ether oxygens (including phenoxy) is 1. The lowest BCUT2D eigenvalue weighted by Gasteiger charge is -2.25. The Kier molecular flexibility index (Phi) is 3.15. The first kappa shape index (κ1) is 12.4. The highest BCUT2D eigenvalue weighted by Crippen LogP contribution is 2.45. The van der Waals surface area contributed by atoms with Gasteiger partial charge < -0.3 is 4.74 Å². The zero-order valence-electron chi connectivity index (χ0n) is 11.1. The summed E-state index contributed by atoms with van der Waals surface area (Å²) < 4.78 is 5.56. The topological polar surface area (TPSA) is 26.3 Å². The largest absolute Gasteiger partial charge is 0.457 e. The molecule has 0 N–H and O–H groups in total. The van der Waals surface area contributed by atoms with Gasteiger partial charge in [0.05, 0.1) is 5.41 Å². The van der Waals surface area contributed by atoms with Crippen LogP contribution in [0.4, 0.5) is 0 Å². The maximum Gasteiger partial charge on any atom is 0.312 e. The summed E-state index contributed by atoms with van der Waals surface area (Å²) in [6, 6.07) is 0. The van der Waals surface area contributed by atoms with Crippen LogP contribution in [0.5, 0.6) is 0 Å². The summed E-state index contributed by atoms with van der Waals surface area (Å²) >= 11 is 0. The van der Waals surface area contributed by atoms with Gasteiger partial charge in [0.2, 0.25) is 0 Å². The Morgan fingerprint density at radius 2 is 2.12 bits per heavy atom. The molecule has 0 aromatic heterocycles. The van der Waals surface area contributed by atoms with Crippen LogP contribution in [0.1, 0.15) is 46.5 Å². The van der Waals surface area contributed by atoms with Gasteiger partial charge in [0.25, 0.3) is 0 Å². The summed E-state index contributed by atoms with van der Waals surface area (Å²) in [6.45, 7) is 10.3. The van der Waals surface area contributed by atoms with Crippen molar-refractivity contribution in [1.29, 1.82) is 0 Å². The standard InChI is InChI=1S/C15H22O2/c1-10-6-5-7-11(2)13-12(9-8-10)15(3,4)14(16)17-13/h6,12-13H,2,5,7-9H2,1,3-4H3/b10-6+/t12-,13-/m1/s1. The molecule has 0 saturated carbocycles. The third-order valence-corrected chi connectivity index (χ3v) is 4.26. The predicted octanol–water partition coefficient (Wildman–Crippen LogP) is 3.63. The molecule has 1 saturated heterocycles. The minimum absolute atomic E-state index is 0.0585. The predicted molar refractivity (Wildman–Crippen MR) is 68.5 cm³/mol. The molecule has 0 aromatic carbocycles. The highest BCUT2D eigenvalue weighted by molar-refractivity contribution is 5.79. The van der Waals surface area contributed by atoms with E-state index in [1.165, 1.54) is 5.57 Å². The summed E-state index contributed by atoms with van der Waals surface area (Å²) in [5, 5.41) is 0. The van der Waals surface area contributed by atoms with Gasteiger partial charge in [0.1, 0.15) is 6.10 Å². The molecule has 0 bridgehead atoms. The van der Waals surface area contributed by atoms with E-state index in [0.717, 1.165) is 31.3 Å². The Balaban J connectivity index is 2.28. The van der Waals surface area contributed by atoms with Crippen molar-refractivity contribution in [3.63, 3.8) is 0 Å². The molecule has 1 aliphatic carbocycles. The third kappa shape index (κ3) is 2.18. The number of fused-ring (bicyclic) bond motifs is 1. The number of carbonyl (C=O) groups is 1. The van der Waals surface area contributed by atoms with E-state index in [1.54, 1.807) is 0 Å². The first-order chi connectivity index (χ1) is 7.93. The van der Waals surface area contributed by atoms with E-state index in [-0.39, 0.29) is 23.4 Å². The van der Waals surface area contributed by atoms with Crippen molar-refractivity contribution in [2.24, 2.45) is 11.3 Å². The Morgan fingerprint density at radius 1 is 1.41 bits per heavy atom. The number of hydrogen-bond donors (Lipinski definition) is 0. The maximum atomic E-state index is 11.9. The molecule has 0 unspecified atom stereocenters. The van der Waals surface area contributed by atoms with Crippen molar-refractivity contribution in [2.45, 2.75) is 52.6 Å². The van der Waals surface area contributed by atoms with Crippen LogP contribution >= 0.6 is 0 Å². The minimum Gasteiger partial charge on any atom is -0.457 e. The Morgan fingerprint density at radius 3 is 2.82 bits per heavy atom. The highest BCUT2D eigenvalue weighted by atomic mass is 16.6. The van der Waals surface area contributed by atoms with Gasteiger partial charge >= 0.3 is 5.97 Å². The SMILES string of the molecule is C=C1CC/C=C(\C)CC[C@@H]2[C@@H]1OC(=O)C2(C)C. The fraction of sp³-hybridized carbons (Fsp3) is 0.667.